The van der Waals surface area contributed by atoms with Gasteiger partial charge >= 0.3 is 0 Å². The van der Waals surface area contributed by atoms with Gasteiger partial charge in [-0.15, -0.1) is 0 Å². The van der Waals surface area contributed by atoms with Crippen LogP contribution in [0.25, 0.3) is 11.1 Å². The SMILES string of the molecule is CNNC(=O)c1cccc(-c2cccc(C(=O)NNC)c2)c1. The van der Waals surface area contributed by atoms with E-state index in [1.165, 1.54) is 0 Å². The van der Waals surface area contributed by atoms with E-state index in [1.807, 2.05) is 12.1 Å². The maximum atomic E-state index is 11.8. The molecule has 0 saturated carbocycles. The molecule has 6 heteroatoms. The molecule has 2 aromatic carbocycles. The molecule has 2 rings (SSSR count). The highest BCUT2D eigenvalue weighted by atomic mass is 16.2. The largest absolute Gasteiger partial charge is 0.288 e. The van der Waals surface area contributed by atoms with Crippen molar-refractivity contribution < 1.29 is 9.59 Å². The van der Waals surface area contributed by atoms with Crippen molar-refractivity contribution in [2.24, 2.45) is 0 Å². The van der Waals surface area contributed by atoms with Crippen LogP contribution in [0.15, 0.2) is 48.5 Å². The van der Waals surface area contributed by atoms with Gasteiger partial charge in [0.15, 0.2) is 0 Å². The highest BCUT2D eigenvalue weighted by molar-refractivity contribution is 5.96. The summed E-state index contributed by atoms with van der Waals surface area (Å²) in [5.74, 6) is -0.429. The zero-order valence-corrected chi connectivity index (χ0v) is 12.4. The van der Waals surface area contributed by atoms with Gasteiger partial charge in [0.1, 0.15) is 0 Å². The Balaban J connectivity index is 2.32. The summed E-state index contributed by atoms with van der Waals surface area (Å²) in [7, 11) is 3.26. The van der Waals surface area contributed by atoms with Gasteiger partial charge in [-0.3, -0.25) is 20.4 Å². The Kier molecular flexibility index (Phi) is 5.24. The summed E-state index contributed by atoms with van der Waals surface area (Å²) >= 11 is 0. The molecule has 0 aliphatic carbocycles. The van der Waals surface area contributed by atoms with Gasteiger partial charge in [-0.1, -0.05) is 24.3 Å². The monoisotopic (exact) mass is 298 g/mol. The van der Waals surface area contributed by atoms with Gasteiger partial charge in [-0.25, -0.2) is 10.9 Å². The van der Waals surface area contributed by atoms with Crippen molar-refractivity contribution in [3.63, 3.8) is 0 Å². The molecule has 2 aromatic rings. The van der Waals surface area contributed by atoms with Crippen LogP contribution in [0.2, 0.25) is 0 Å². The Bertz CT molecular complexity index is 626. The molecule has 22 heavy (non-hydrogen) atoms. The third-order valence-corrected chi connectivity index (χ3v) is 3.06. The minimum absolute atomic E-state index is 0.214. The van der Waals surface area contributed by atoms with E-state index < -0.39 is 0 Å². The molecule has 0 unspecified atom stereocenters. The van der Waals surface area contributed by atoms with Crippen molar-refractivity contribution in [1.82, 2.24) is 21.7 Å². The third kappa shape index (κ3) is 3.69. The summed E-state index contributed by atoms with van der Waals surface area (Å²) in [4.78, 5) is 23.7. The van der Waals surface area contributed by atoms with E-state index in [2.05, 4.69) is 21.7 Å². The quantitative estimate of drug-likeness (QED) is 0.623. The molecule has 0 heterocycles. The normalized spacial score (nSPS) is 10.1. The molecular formula is C16H18N4O2. The Hall–Kier alpha value is -2.70. The van der Waals surface area contributed by atoms with Crippen molar-refractivity contribution in [2.45, 2.75) is 0 Å². The van der Waals surface area contributed by atoms with E-state index in [0.717, 1.165) is 11.1 Å². The number of nitrogens with one attached hydrogen (secondary N) is 4. The third-order valence-electron chi connectivity index (χ3n) is 3.06. The summed E-state index contributed by atoms with van der Waals surface area (Å²) in [5, 5.41) is 0. The number of amides is 2. The summed E-state index contributed by atoms with van der Waals surface area (Å²) in [6.07, 6.45) is 0. The smallest absolute Gasteiger partial charge is 0.265 e. The first-order valence-corrected chi connectivity index (χ1v) is 6.80. The number of hydrogen-bond acceptors (Lipinski definition) is 4. The van der Waals surface area contributed by atoms with Gasteiger partial charge in [0, 0.05) is 25.2 Å². The first-order valence-electron chi connectivity index (χ1n) is 6.80. The molecule has 0 atom stereocenters. The molecule has 0 bridgehead atoms. The average molecular weight is 298 g/mol. The van der Waals surface area contributed by atoms with E-state index in [1.54, 1.807) is 50.5 Å². The van der Waals surface area contributed by atoms with Crippen LogP contribution >= 0.6 is 0 Å². The first kappa shape index (κ1) is 15.7. The Labute approximate surface area is 128 Å². The molecule has 114 valence electrons. The number of benzene rings is 2. The highest BCUT2D eigenvalue weighted by Gasteiger charge is 2.08. The Morgan fingerprint density at radius 1 is 0.727 bits per heavy atom. The number of carbonyl (C=O) groups is 2. The first-order chi connectivity index (χ1) is 10.7. The molecule has 0 aliphatic rings. The molecule has 0 radical (unpaired) electrons. The lowest BCUT2D eigenvalue weighted by Crippen LogP contribution is -2.34. The Morgan fingerprint density at radius 2 is 1.14 bits per heavy atom. The van der Waals surface area contributed by atoms with Gasteiger partial charge in [0.2, 0.25) is 0 Å². The zero-order valence-electron chi connectivity index (χ0n) is 12.4. The van der Waals surface area contributed by atoms with Crippen LogP contribution in [0, 0.1) is 0 Å². The predicted molar refractivity (Wildman–Crippen MR) is 84.9 cm³/mol. The maximum Gasteiger partial charge on any atom is 0.265 e. The molecule has 0 aromatic heterocycles. The van der Waals surface area contributed by atoms with E-state index in [0.29, 0.717) is 11.1 Å². The van der Waals surface area contributed by atoms with Gasteiger partial charge in [0.05, 0.1) is 0 Å². The summed E-state index contributed by atoms with van der Waals surface area (Å²) in [6.45, 7) is 0. The number of carbonyl (C=O) groups excluding carboxylic acids is 2. The fourth-order valence-corrected chi connectivity index (χ4v) is 2.05. The second kappa shape index (κ2) is 7.35. The lowest BCUT2D eigenvalue weighted by Gasteiger charge is -2.08. The molecule has 2 amide bonds. The summed E-state index contributed by atoms with van der Waals surface area (Å²) in [5.41, 5.74) is 13.1. The van der Waals surface area contributed by atoms with Crippen LogP contribution in [0.4, 0.5) is 0 Å². The Morgan fingerprint density at radius 3 is 1.50 bits per heavy atom. The zero-order chi connectivity index (χ0) is 15.9. The number of hydrogen-bond donors (Lipinski definition) is 4. The molecule has 4 N–H and O–H groups in total. The molecule has 0 fully saturated rings. The number of rotatable bonds is 5. The number of hydrazine groups is 2. The fraction of sp³-hybridized carbons (Fsp3) is 0.125. The van der Waals surface area contributed by atoms with Crippen LogP contribution in [0.3, 0.4) is 0 Å². The second-order valence-electron chi connectivity index (χ2n) is 4.57. The minimum Gasteiger partial charge on any atom is -0.288 e. The molecular weight excluding hydrogens is 280 g/mol. The predicted octanol–water partition coefficient (Wildman–Crippen LogP) is 1.08. The van der Waals surface area contributed by atoms with E-state index >= 15 is 0 Å². The second-order valence-corrected chi connectivity index (χ2v) is 4.57. The lowest BCUT2D eigenvalue weighted by molar-refractivity contribution is 0.0929. The molecule has 0 saturated heterocycles. The summed E-state index contributed by atoms with van der Waals surface area (Å²) < 4.78 is 0. The average Bonchev–Trinajstić information content (AvgIpc) is 2.55. The van der Waals surface area contributed by atoms with Crippen molar-refractivity contribution >= 4 is 11.8 Å². The van der Waals surface area contributed by atoms with E-state index in [-0.39, 0.29) is 11.8 Å². The fourth-order valence-electron chi connectivity index (χ4n) is 2.05. The van der Waals surface area contributed by atoms with Crippen LogP contribution in [0.5, 0.6) is 0 Å². The van der Waals surface area contributed by atoms with Crippen molar-refractivity contribution in [1.29, 1.82) is 0 Å². The van der Waals surface area contributed by atoms with Crippen LogP contribution < -0.4 is 21.7 Å². The van der Waals surface area contributed by atoms with Crippen LogP contribution in [-0.2, 0) is 0 Å². The minimum atomic E-state index is -0.214. The van der Waals surface area contributed by atoms with Crippen LogP contribution in [0.1, 0.15) is 20.7 Å². The summed E-state index contributed by atoms with van der Waals surface area (Å²) in [6, 6.07) is 14.4. The van der Waals surface area contributed by atoms with E-state index in [4.69, 9.17) is 0 Å². The van der Waals surface area contributed by atoms with Crippen molar-refractivity contribution in [3.05, 3.63) is 59.7 Å². The van der Waals surface area contributed by atoms with Gasteiger partial charge in [-0.05, 0) is 35.4 Å². The topological polar surface area (TPSA) is 82.3 Å². The van der Waals surface area contributed by atoms with Gasteiger partial charge < -0.3 is 0 Å². The molecule has 0 aliphatic heterocycles. The van der Waals surface area contributed by atoms with Gasteiger partial charge in [-0.2, -0.15) is 0 Å². The van der Waals surface area contributed by atoms with Crippen molar-refractivity contribution in [3.8, 4) is 11.1 Å². The standard InChI is InChI=1S/C16H18N4O2/c1-17-19-15(21)13-7-3-5-11(9-13)12-6-4-8-14(10-12)16(22)20-18-2/h3-10,17-18H,1-2H3,(H,19,21)(H,20,22). The highest BCUT2D eigenvalue weighted by Crippen LogP contribution is 2.21. The molecule has 0 spiro atoms. The van der Waals surface area contributed by atoms with Gasteiger partial charge in [0.25, 0.3) is 11.8 Å². The van der Waals surface area contributed by atoms with E-state index in [9.17, 15) is 9.59 Å². The lowest BCUT2D eigenvalue weighted by atomic mass is 10.0. The van der Waals surface area contributed by atoms with Crippen molar-refractivity contribution in [2.75, 3.05) is 14.1 Å². The molecule has 6 nitrogen and oxygen atoms in total. The van der Waals surface area contributed by atoms with Crippen LogP contribution in [-0.4, -0.2) is 25.9 Å². The maximum absolute atomic E-state index is 11.8.